The highest BCUT2D eigenvalue weighted by Crippen LogP contribution is 2.35. The van der Waals surface area contributed by atoms with Crippen LogP contribution in [-0.2, 0) is 16.0 Å². The van der Waals surface area contributed by atoms with Crippen molar-refractivity contribution in [2.24, 2.45) is 0 Å². The van der Waals surface area contributed by atoms with Crippen LogP contribution in [0.1, 0.15) is 22.9 Å². The second kappa shape index (κ2) is 5.96. The van der Waals surface area contributed by atoms with Gasteiger partial charge in [-0.1, -0.05) is 41.9 Å². The molecule has 0 saturated carbocycles. The lowest BCUT2D eigenvalue weighted by Crippen LogP contribution is -2.45. The number of H-pyrrole nitrogens is 1. The maximum atomic E-state index is 12.2. The van der Waals surface area contributed by atoms with Gasteiger partial charge < -0.3 is 9.72 Å². The highest BCUT2D eigenvalue weighted by Gasteiger charge is 2.34. The molecular weight excluding hydrogens is 324 g/mol. The van der Waals surface area contributed by atoms with E-state index in [1.54, 1.807) is 0 Å². The summed E-state index contributed by atoms with van der Waals surface area (Å²) in [5.74, 6) is -0.252. The van der Waals surface area contributed by atoms with Gasteiger partial charge >= 0.3 is 5.97 Å². The van der Waals surface area contributed by atoms with Gasteiger partial charge in [0, 0.05) is 28.0 Å². The van der Waals surface area contributed by atoms with Crippen molar-refractivity contribution in [2.45, 2.75) is 18.5 Å². The van der Waals surface area contributed by atoms with Crippen LogP contribution in [0.3, 0.4) is 0 Å². The average molecular weight is 341 g/mol. The van der Waals surface area contributed by atoms with Gasteiger partial charge in [0.2, 0.25) is 0 Å². The van der Waals surface area contributed by atoms with E-state index < -0.39 is 0 Å². The number of aromatic nitrogens is 1. The topological polar surface area (TPSA) is 54.1 Å². The number of hydrogen-bond donors (Lipinski definition) is 2. The van der Waals surface area contributed by atoms with Gasteiger partial charge in [-0.25, -0.2) is 0 Å². The van der Waals surface area contributed by atoms with E-state index in [1.165, 1.54) is 7.11 Å². The molecule has 0 saturated heterocycles. The van der Waals surface area contributed by atoms with Crippen molar-refractivity contribution < 1.29 is 9.53 Å². The normalized spacial score (nSPS) is 19.9. The predicted molar refractivity (Wildman–Crippen MR) is 94.2 cm³/mol. The van der Waals surface area contributed by atoms with Gasteiger partial charge in [-0.2, -0.15) is 0 Å². The SMILES string of the molecule is COC(=O)[C@@H]1Cc2c([nH]c3ccccc23)[C@H](c2cccc(Cl)c2)N1. The molecule has 0 bridgehead atoms. The van der Waals surface area contributed by atoms with Crippen LogP contribution in [0.4, 0.5) is 0 Å². The third-order valence-electron chi connectivity index (χ3n) is 4.58. The molecule has 2 atom stereocenters. The molecular formula is C19H17ClN2O2. The lowest BCUT2D eigenvalue weighted by atomic mass is 9.90. The summed E-state index contributed by atoms with van der Waals surface area (Å²) in [7, 11) is 1.42. The Morgan fingerprint density at radius 3 is 2.83 bits per heavy atom. The number of carbonyl (C=O) groups is 1. The van der Waals surface area contributed by atoms with Crippen LogP contribution in [0.2, 0.25) is 5.02 Å². The summed E-state index contributed by atoms with van der Waals surface area (Å²) in [5.41, 5.74) is 4.33. The molecule has 3 aromatic rings. The number of nitrogens with one attached hydrogen (secondary N) is 2. The zero-order chi connectivity index (χ0) is 16.7. The lowest BCUT2D eigenvalue weighted by molar-refractivity contribution is -0.143. The quantitative estimate of drug-likeness (QED) is 0.701. The number of halogens is 1. The van der Waals surface area contributed by atoms with Crippen molar-refractivity contribution in [2.75, 3.05) is 7.11 Å². The van der Waals surface area contributed by atoms with Crippen molar-refractivity contribution in [3.05, 3.63) is 70.4 Å². The molecule has 1 aliphatic rings. The number of esters is 1. The number of fused-ring (bicyclic) bond motifs is 3. The molecule has 0 unspecified atom stereocenters. The van der Waals surface area contributed by atoms with Gasteiger partial charge in [0.1, 0.15) is 6.04 Å². The van der Waals surface area contributed by atoms with Crippen LogP contribution in [0.15, 0.2) is 48.5 Å². The number of methoxy groups -OCH3 is 1. The Kier molecular flexibility index (Phi) is 3.79. The fourth-order valence-corrected chi connectivity index (χ4v) is 3.68. The van der Waals surface area contributed by atoms with Crippen molar-refractivity contribution in [1.29, 1.82) is 0 Å². The summed E-state index contributed by atoms with van der Waals surface area (Å²) in [6.45, 7) is 0. The van der Waals surface area contributed by atoms with E-state index in [0.717, 1.165) is 27.7 Å². The number of para-hydroxylation sites is 1. The minimum Gasteiger partial charge on any atom is -0.468 e. The standard InChI is InChI=1S/C19H17ClN2O2/c1-24-19(23)16-10-14-13-7-2-3-8-15(13)21-18(14)17(22-16)11-5-4-6-12(20)9-11/h2-9,16-17,21-22H,10H2,1H3/t16-,17-/m0/s1. The van der Waals surface area contributed by atoms with Crippen LogP contribution in [-0.4, -0.2) is 24.1 Å². The van der Waals surface area contributed by atoms with Crippen molar-refractivity contribution >= 4 is 28.5 Å². The second-order valence-corrected chi connectivity index (χ2v) is 6.43. The summed E-state index contributed by atoms with van der Waals surface area (Å²) in [5, 5.41) is 5.22. The first kappa shape index (κ1) is 15.2. The zero-order valence-corrected chi connectivity index (χ0v) is 13.9. The third kappa shape index (κ3) is 2.48. The van der Waals surface area contributed by atoms with E-state index in [0.29, 0.717) is 11.4 Å². The molecule has 1 aromatic heterocycles. The minimum atomic E-state index is -0.384. The highest BCUT2D eigenvalue weighted by atomic mass is 35.5. The Balaban J connectivity index is 1.88. The number of rotatable bonds is 2. The van der Waals surface area contributed by atoms with E-state index in [4.69, 9.17) is 16.3 Å². The Morgan fingerprint density at radius 2 is 2.04 bits per heavy atom. The first-order valence-corrected chi connectivity index (χ1v) is 8.24. The molecule has 0 aliphatic carbocycles. The van der Waals surface area contributed by atoms with Crippen LogP contribution in [0, 0.1) is 0 Å². The van der Waals surface area contributed by atoms with Gasteiger partial charge in [0.15, 0.2) is 0 Å². The molecule has 2 N–H and O–H groups in total. The zero-order valence-electron chi connectivity index (χ0n) is 13.2. The highest BCUT2D eigenvalue weighted by molar-refractivity contribution is 6.30. The van der Waals surface area contributed by atoms with Crippen molar-refractivity contribution in [3.8, 4) is 0 Å². The molecule has 5 heteroatoms. The van der Waals surface area contributed by atoms with Gasteiger partial charge in [-0.3, -0.25) is 10.1 Å². The summed E-state index contributed by atoms with van der Waals surface area (Å²) in [6.07, 6.45) is 0.600. The first-order chi connectivity index (χ1) is 11.7. The van der Waals surface area contributed by atoms with Crippen LogP contribution in [0.5, 0.6) is 0 Å². The maximum Gasteiger partial charge on any atom is 0.323 e. The Labute approximate surface area is 144 Å². The van der Waals surface area contributed by atoms with Gasteiger partial charge in [-0.05, 0) is 29.3 Å². The second-order valence-electron chi connectivity index (χ2n) is 6.00. The summed E-state index contributed by atoms with van der Waals surface area (Å²) >= 11 is 6.17. The molecule has 1 aliphatic heterocycles. The van der Waals surface area contributed by atoms with Gasteiger partial charge in [-0.15, -0.1) is 0 Å². The predicted octanol–water partition coefficient (Wildman–Crippen LogP) is 3.60. The molecule has 24 heavy (non-hydrogen) atoms. The number of ether oxygens (including phenoxy) is 1. The fourth-order valence-electron chi connectivity index (χ4n) is 3.48. The largest absolute Gasteiger partial charge is 0.468 e. The monoisotopic (exact) mass is 340 g/mol. The molecule has 0 fully saturated rings. The molecule has 0 amide bonds. The Hall–Kier alpha value is -2.30. The summed E-state index contributed by atoms with van der Waals surface area (Å²) in [4.78, 5) is 15.7. The summed E-state index contributed by atoms with van der Waals surface area (Å²) < 4.78 is 4.96. The van der Waals surface area contributed by atoms with E-state index in [2.05, 4.69) is 22.4 Å². The third-order valence-corrected chi connectivity index (χ3v) is 4.81. The number of carbonyl (C=O) groups excluding carboxylic acids is 1. The molecule has 0 radical (unpaired) electrons. The average Bonchev–Trinajstić information content (AvgIpc) is 2.99. The van der Waals surface area contributed by atoms with Crippen molar-refractivity contribution in [3.63, 3.8) is 0 Å². The smallest absolute Gasteiger partial charge is 0.323 e. The number of benzene rings is 2. The van der Waals surface area contributed by atoms with E-state index in [1.807, 2.05) is 36.4 Å². The molecule has 122 valence electrons. The van der Waals surface area contributed by atoms with Crippen LogP contribution >= 0.6 is 11.6 Å². The van der Waals surface area contributed by atoms with E-state index >= 15 is 0 Å². The van der Waals surface area contributed by atoms with E-state index in [-0.39, 0.29) is 18.1 Å². The van der Waals surface area contributed by atoms with Gasteiger partial charge in [0.05, 0.1) is 13.2 Å². The Morgan fingerprint density at radius 1 is 1.21 bits per heavy atom. The number of hydrogen-bond acceptors (Lipinski definition) is 3. The Bertz CT molecular complexity index is 919. The molecule has 0 spiro atoms. The first-order valence-electron chi connectivity index (χ1n) is 7.86. The molecule has 4 rings (SSSR count). The minimum absolute atomic E-state index is 0.135. The van der Waals surface area contributed by atoms with Gasteiger partial charge in [0.25, 0.3) is 0 Å². The maximum absolute atomic E-state index is 12.2. The molecule has 4 nitrogen and oxygen atoms in total. The number of aromatic amines is 1. The van der Waals surface area contributed by atoms with E-state index in [9.17, 15) is 4.79 Å². The summed E-state index contributed by atoms with van der Waals surface area (Å²) in [6, 6.07) is 15.3. The van der Waals surface area contributed by atoms with Crippen LogP contribution in [0.25, 0.3) is 10.9 Å². The van der Waals surface area contributed by atoms with Crippen LogP contribution < -0.4 is 5.32 Å². The molecule has 2 heterocycles. The van der Waals surface area contributed by atoms with Crippen molar-refractivity contribution in [1.82, 2.24) is 10.3 Å². The molecule has 2 aromatic carbocycles. The lowest BCUT2D eigenvalue weighted by Gasteiger charge is -2.30. The fraction of sp³-hybridized carbons (Fsp3) is 0.211.